The normalized spacial score (nSPS) is 14.9. The number of aliphatic carboxylic acids is 1. The van der Waals surface area contributed by atoms with Crippen LogP contribution in [0.1, 0.15) is 29.9 Å². The van der Waals surface area contributed by atoms with Crippen molar-refractivity contribution in [2.75, 3.05) is 13.1 Å². The van der Waals surface area contributed by atoms with Crippen LogP contribution in [0.4, 0.5) is 13.2 Å². The molecule has 0 radical (unpaired) electrons. The molecule has 2 N–H and O–H groups in total. The second-order valence-electron chi connectivity index (χ2n) is 6.38. The Balaban J connectivity index is 0.000000345. The van der Waals surface area contributed by atoms with Crippen LogP contribution in [-0.2, 0) is 4.79 Å². The van der Waals surface area contributed by atoms with E-state index in [0.29, 0.717) is 5.92 Å². The summed E-state index contributed by atoms with van der Waals surface area (Å²) in [5, 5.41) is 11.4. The SMILES string of the molecule is Cc1cc(Cl)ccc1Sc1ccccc1C1CCNCC1.O=C(O)C(F)(F)F. The van der Waals surface area contributed by atoms with E-state index in [1.807, 2.05) is 23.9 Å². The van der Waals surface area contributed by atoms with Gasteiger partial charge in [-0.05, 0) is 74.2 Å². The Morgan fingerprint density at radius 2 is 1.75 bits per heavy atom. The van der Waals surface area contributed by atoms with E-state index in [4.69, 9.17) is 21.5 Å². The number of piperidine rings is 1. The summed E-state index contributed by atoms with van der Waals surface area (Å²) in [6, 6.07) is 15.0. The lowest BCUT2D eigenvalue weighted by atomic mass is 9.90. The van der Waals surface area contributed by atoms with Gasteiger partial charge < -0.3 is 10.4 Å². The number of nitrogens with one attached hydrogen (secondary N) is 1. The van der Waals surface area contributed by atoms with Gasteiger partial charge in [0.15, 0.2) is 0 Å². The van der Waals surface area contributed by atoms with Crippen LogP contribution in [0.5, 0.6) is 0 Å². The Hall–Kier alpha value is -1.70. The first-order chi connectivity index (χ1) is 13.2. The van der Waals surface area contributed by atoms with E-state index < -0.39 is 12.1 Å². The van der Waals surface area contributed by atoms with E-state index in [1.54, 1.807) is 0 Å². The van der Waals surface area contributed by atoms with Gasteiger partial charge in [0.1, 0.15) is 0 Å². The highest BCUT2D eigenvalue weighted by molar-refractivity contribution is 7.99. The summed E-state index contributed by atoms with van der Waals surface area (Å²) in [7, 11) is 0. The molecule has 3 nitrogen and oxygen atoms in total. The summed E-state index contributed by atoms with van der Waals surface area (Å²) in [6.07, 6.45) is -2.62. The predicted octanol–water partition coefficient (Wildman–Crippen LogP) is 5.90. The van der Waals surface area contributed by atoms with Crippen molar-refractivity contribution in [3.8, 4) is 0 Å². The fourth-order valence-electron chi connectivity index (χ4n) is 2.89. The lowest BCUT2D eigenvalue weighted by molar-refractivity contribution is -0.192. The number of halogens is 4. The number of hydrogen-bond donors (Lipinski definition) is 2. The molecular formula is C20H21ClF3NO2S. The van der Waals surface area contributed by atoms with Crippen molar-refractivity contribution in [3.05, 3.63) is 58.6 Å². The fourth-order valence-corrected chi connectivity index (χ4v) is 4.21. The lowest BCUT2D eigenvalue weighted by Crippen LogP contribution is -2.26. The Kier molecular flexibility index (Phi) is 8.22. The average molecular weight is 432 g/mol. The molecule has 0 spiro atoms. The predicted molar refractivity (Wildman–Crippen MR) is 105 cm³/mol. The van der Waals surface area contributed by atoms with E-state index in [2.05, 4.69) is 42.6 Å². The van der Waals surface area contributed by atoms with Gasteiger partial charge in [0.2, 0.25) is 0 Å². The van der Waals surface area contributed by atoms with Gasteiger partial charge in [0, 0.05) is 14.8 Å². The van der Waals surface area contributed by atoms with E-state index in [9.17, 15) is 13.2 Å². The summed E-state index contributed by atoms with van der Waals surface area (Å²) in [6.45, 7) is 4.38. The lowest BCUT2D eigenvalue weighted by Gasteiger charge is -2.25. The van der Waals surface area contributed by atoms with Crippen molar-refractivity contribution in [2.45, 2.75) is 41.7 Å². The van der Waals surface area contributed by atoms with Crippen LogP contribution in [0.2, 0.25) is 5.02 Å². The third-order valence-corrected chi connectivity index (χ3v) is 5.80. The van der Waals surface area contributed by atoms with Gasteiger partial charge >= 0.3 is 12.1 Å². The van der Waals surface area contributed by atoms with E-state index in [0.717, 1.165) is 18.1 Å². The molecule has 1 saturated heterocycles. The molecule has 0 aromatic heterocycles. The van der Waals surface area contributed by atoms with Crippen LogP contribution in [0.3, 0.4) is 0 Å². The molecule has 0 bridgehead atoms. The second kappa shape index (κ2) is 10.2. The number of aryl methyl sites for hydroxylation is 1. The third kappa shape index (κ3) is 6.72. The van der Waals surface area contributed by atoms with Gasteiger partial charge in [-0.3, -0.25) is 0 Å². The molecule has 0 saturated carbocycles. The monoisotopic (exact) mass is 431 g/mol. The van der Waals surface area contributed by atoms with Crippen LogP contribution >= 0.6 is 23.4 Å². The molecular weight excluding hydrogens is 411 g/mol. The van der Waals surface area contributed by atoms with Gasteiger partial charge in [-0.15, -0.1) is 0 Å². The van der Waals surface area contributed by atoms with Gasteiger partial charge in [0.25, 0.3) is 0 Å². The molecule has 2 aromatic rings. The molecule has 1 aliphatic heterocycles. The maximum absolute atomic E-state index is 10.6. The molecule has 0 unspecified atom stereocenters. The van der Waals surface area contributed by atoms with Crippen LogP contribution < -0.4 is 5.32 Å². The molecule has 3 rings (SSSR count). The number of carbonyl (C=O) groups is 1. The molecule has 0 aliphatic carbocycles. The summed E-state index contributed by atoms with van der Waals surface area (Å²) in [5.41, 5.74) is 2.74. The van der Waals surface area contributed by atoms with Crippen molar-refractivity contribution in [2.24, 2.45) is 0 Å². The molecule has 1 fully saturated rings. The molecule has 0 atom stereocenters. The van der Waals surface area contributed by atoms with Crippen molar-refractivity contribution >= 4 is 29.3 Å². The van der Waals surface area contributed by atoms with Gasteiger partial charge in [-0.2, -0.15) is 13.2 Å². The largest absolute Gasteiger partial charge is 0.490 e. The smallest absolute Gasteiger partial charge is 0.475 e. The number of carboxylic acids is 1. The molecule has 0 amide bonds. The quantitative estimate of drug-likeness (QED) is 0.635. The highest BCUT2D eigenvalue weighted by Crippen LogP contribution is 2.38. The van der Waals surface area contributed by atoms with Gasteiger partial charge in [-0.1, -0.05) is 41.6 Å². The zero-order valence-electron chi connectivity index (χ0n) is 15.2. The highest BCUT2D eigenvalue weighted by Gasteiger charge is 2.38. The number of benzene rings is 2. The molecule has 8 heteroatoms. The fraction of sp³-hybridized carbons (Fsp3) is 0.350. The Bertz CT molecular complexity index is 808. The Morgan fingerprint density at radius 3 is 2.32 bits per heavy atom. The number of hydrogen-bond acceptors (Lipinski definition) is 3. The van der Waals surface area contributed by atoms with E-state index in [-0.39, 0.29) is 0 Å². The van der Waals surface area contributed by atoms with Crippen LogP contribution in [0, 0.1) is 6.92 Å². The maximum atomic E-state index is 10.6. The standard InChI is InChI=1S/C18H20ClNS.C2HF3O2/c1-13-12-15(19)6-7-17(13)21-18-5-3-2-4-16(18)14-8-10-20-11-9-14;3-2(4,5)1(6)7/h2-7,12,14,20H,8-11H2,1H3;(H,6,7). The first kappa shape index (κ1) is 22.6. The van der Waals surface area contributed by atoms with Crippen LogP contribution in [0.25, 0.3) is 0 Å². The summed E-state index contributed by atoms with van der Waals surface area (Å²) < 4.78 is 31.7. The Morgan fingerprint density at radius 1 is 1.14 bits per heavy atom. The van der Waals surface area contributed by atoms with E-state index >= 15 is 0 Å². The zero-order valence-corrected chi connectivity index (χ0v) is 16.8. The minimum atomic E-state index is -5.08. The summed E-state index contributed by atoms with van der Waals surface area (Å²) in [4.78, 5) is 11.6. The topological polar surface area (TPSA) is 49.3 Å². The highest BCUT2D eigenvalue weighted by atomic mass is 35.5. The van der Waals surface area contributed by atoms with Crippen molar-refractivity contribution < 1.29 is 23.1 Å². The number of alkyl halides is 3. The summed E-state index contributed by atoms with van der Waals surface area (Å²) >= 11 is 7.92. The average Bonchev–Trinajstić information content (AvgIpc) is 2.65. The molecule has 1 heterocycles. The molecule has 28 heavy (non-hydrogen) atoms. The minimum Gasteiger partial charge on any atom is -0.475 e. The first-order valence-electron chi connectivity index (χ1n) is 8.72. The minimum absolute atomic E-state index is 0.683. The number of carboxylic acid groups (broad SMARTS) is 1. The van der Waals surface area contributed by atoms with Crippen molar-refractivity contribution in [1.29, 1.82) is 0 Å². The molecule has 2 aromatic carbocycles. The van der Waals surface area contributed by atoms with Crippen LogP contribution in [-0.4, -0.2) is 30.3 Å². The van der Waals surface area contributed by atoms with Crippen molar-refractivity contribution in [3.63, 3.8) is 0 Å². The molecule has 152 valence electrons. The van der Waals surface area contributed by atoms with Crippen LogP contribution in [0.15, 0.2) is 52.3 Å². The Labute approximate surface area is 171 Å². The molecule has 1 aliphatic rings. The van der Waals surface area contributed by atoms with Gasteiger partial charge in [0.05, 0.1) is 0 Å². The second-order valence-corrected chi connectivity index (χ2v) is 7.90. The van der Waals surface area contributed by atoms with Crippen molar-refractivity contribution in [1.82, 2.24) is 5.32 Å². The summed E-state index contributed by atoms with van der Waals surface area (Å²) in [5.74, 6) is -2.07. The maximum Gasteiger partial charge on any atom is 0.490 e. The zero-order chi connectivity index (χ0) is 20.7. The third-order valence-electron chi connectivity index (χ3n) is 4.30. The van der Waals surface area contributed by atoms with E-state index in [1.165, 1.54) is 33.8 Å². The number of rotatable bonds is 3. The first-order valence-corrected chi connectivity index (χ1v) is 9.91. The van der Waals surface area contributed by atoms with Gasteiger partial charge in [-0.25, -0.2) is 4.79 Å².